The van der Waals surface area contributed by atoms with E-state index in [-0.39, 0.29) is 18.0 Å². The highest BCUT2D eigenvalue weighted by Gasteiger charge is 2.21. The molecule has 0 spiro atoms. The molecule has 0 amide bonds. The molecule has 1 fully saturated rings. The van der Waals surface area contributed by atoms with E-state index in [9.17, 15) is 15.2 Å². The molecule has 6 nitrogen and oxygen atoms in total. The Hall–Kier alpha value is -1.82. The zero-order chi connectivity index (χ0) is 15.2. The molecule has 6 heteroatoms. The van der Waals surface area contributed by atoms with Gasteiger partial charge in [0.1, 0.15) is 12.4 Å². The standard InChI is InChI=1S/C15H21NO5/c1-20-13-6-7-14(16(18)19)15(9-13)21-10-12(17)8-11-4-2-3-5-11/h6-7,9,11-12,17H,2-5,8,10H2,1H3. The van der Waals surface area contributed by atoms with Gasteiger partial charge in [0.2, 0.25) is 5.75 Å². The fourth-order valence-corrected chi connectivity index (χ4v) is 2.77. The molecule has 1 aliphatic rings. The summed E-state index contributed by atoms with van der Waals surface area (Å²) in [4.78, 5) is 10.5. The first kappa shape index (κ1) is 15.6. The first-order chi connectivity index (χ1) is 10.1. The lowest BCUT2D eigenvalue weighted by molar-refractivity contribution is -0.385. The normalized spacial score (nSPS) is 16.7. The second-order valence-corrected chi connectivity index (χ2v) is 5.44. The Morgan fingerprint density at radius 1 is 1.43 bits per heavy atom. The molecular formula is C15H21NO5. The number of aliphatic hydroxyl groups is 1. The summed E-state index contributed by atoms with van der Waals surface area (Å²) in [5.74, 6) is 1.16. The average molecular weight is 295 g/mol. The van der Waals surface area contributed by atoms with Crippen molar-refractivity contribution in [3.63, 3.8) is 0 Å². The van der Waals surface area contributed by atoms with Crippen molar-refractivity contribution in [1.29, 1.82) is 0 Å². The van der Waals surface area contributed by atoms with Crippen LogP contribution in [0.25, 0.3) is 0 Å². The van der Waals surface area contributed by atoms with Crippen LogP contribution in [-0.2, 0) is 0 Å². The van der Waals surface area contributed by atoms with E-state index in [4.69, 9.17) is 9.47 Å². The number of hydrogen-bond acceptors (Lipinski definition) is 5. The van der Waals surface area contributed by atoms with E-state index in [1.54, 1.807) is 0 Å². The fraction of sp³-hybridized carbons (Fsp3) is 0.600. The first-order valence-electron chi connectivity index (χ1n) is 7.23. The summed E-state index contributed by atoms with van der Waals surface area (Å²) >= 11 is 0. The van der Waals surface area contributed by atoms with Gasteiger partial charge in [0.05, 0.1) is 18.1 Å². The Bertz CT molecular complexity index is 485. The van der Waals surface area contributed by atoms with Crippen LogP contribution in [-0.4, -0.2) is 29.9 Å². The lowest BCUT2D eigenvalue weighted by Gasteiger charge is -2.16. The molecule has 1 atom stereocenters. The van der Waals surface area contributed by atoms with E-state index in [0.717, 1.165) is 12.8 Å². The van der Waals surface area contributed by atoms with Gasteiger partial charge >= 0.3 is 5.69 Å². The quantitative estimate of drug-likeness (QED) is 0.618. The van der Waals surface area contributed by atoms with Crippen molar-refractivity contribution >= 4 is 5.69 Å². The van der Waals surface area contributed by atoms with Crippen molar-refractivity contribution in [3.8, 4) is 11.5 Å². The number of methoxy groups -OCH3 is 1. The van der Waals surface area contributed by atoms with Crippen LogP contribution in [0, 0.1) is 16.0 Å². The van der Waals surface area contributed by atoms with Gasteiger partial charge in [-0.2, -0.15) is 0 Å². The van der Waals surface area contributed by atoms with Crippen LogP contribution in [0.3, 0.4) is 0 Å². The maximum Gasteiger partial charge on any atom is 0.311 e. The van der Waals surface area contributed by atoms with Gasteiger partial charge < -0.3 is 14.6 Å². The molecule has 0 heterocycles. The summed E-state index contributed by atoms with van der Waals surface area (Å²) in [5, 5.41) is 21.0. The topological polar surface area (TPSA) is 81.8 Å². The highest BCUT2D eigenvalue weighted by atomic mass is 16.6. The molecule has 0 radical (unpaired) electrons. The largest absolute Gasteiger partial charge is 0.497 e. The Morgan fingerprint density at radius 3 is 2.76 bits per heavy atom. The van der Waals surface area contributed by atoms with Gasteiger partial charge in [-0.1, -0.05) is 25.7 Å². The molecule has 0 aromatic heterocycles. The molecule has 0 bridgehead atoms. The Labute approximate surface area is 123 Å². The zero-order valence-electron chi connectivity index (χ0n) is 12.2. The Kier molecular flexibility index (Phi) is 5.38. The zero-order valence-corrected chi connectivity index (χ0v) is 12.2. The molecule has 0 saturated heterocycles. The first-order valence-corrected chi connectivity index (χ1v) is 7.23. The smallest absolute Gasteiger partial charge is 0.311 e. The Balaban J connectivity index is 1.95. The fourth-order valence-electron chi connectivity index (χ4n) is 2.77. The summed E-state index contributed by atoms with van der Waals surface area (Å²) in [6, 6.07) is 4.33. The third-order valence-corrected chi connectivity index (χ3v) is 3.88. The highest BCUT2D eigenvalue weighted by Crippen LogP contribution is 2.32. The third-order valence-electron chi connectivity index (χ3n) is 3.88. The number of aliphatic hydroxyl groups excluding tert-OH is 1. The van der Waals surface area contributed by atoms with Crippen LogP contribution >= 0.6 is 0 Å². The molecular weight excluding hydrogens is 274 g/mol. The van der Waals surface area contributed by atoms with E-state index >= 15 is 0 Å². The van der Waals surface area contributed by atoms with Gasteiger partial charge in [-0.05, 0) is 18.4 Å². The van der Waals surface area contributed by atoms with E-state index in [0.29, 0.717) is 18.1 Å². The number of nitrogens with zero attached hydrogens (tertiary/aromatic N) is 1. The van der Waals surface area contributed by atoms with Gasteiger partial charge in [-0.25, -0.2) is 0 Å². The summed E-state index contributed by atoms with van der Waals surface area (Å²) in [6.45, 7) is 0.0600. The van der Waals surface area contributed by atoms with Gasteiger partial charge in [-0.3, -0.25) is 10.1 Å². The van der Waals surface area contributed by atoms with Gasteiger partial charge in [0.15, 0.2) is 0 Å². The van der Waals surface area contributed by atoms with Crippen LogP contribution < -0.4 is 9.47 Å². The van der Waals surface area contributed by atoms with Crippen molar-refractivity contribution in [2.24, 2.45) is 5.92 Å². The molecule has 1 N–H and O–H groups in total. The number of rotatable bonds is 7. The van der Waals surface area contributed by atoms with Gasteiger partial charge in [-0.15, -0.1) is 0 Å². The van der Waals surface area contributed by atoms with Crippen molar-refractivity contribution in [1.82, 2.24) is 0 Å². The van der Waals surface area contributed by atoms with Crippen molar-refractivity contribution in [3.05, 3.63) is 28.3 Å². The monoisotopic (exact) mass is 295 g/mol. The SMILES string of the molecule is COc1ccc([N+](=O)[O-])c(OCC(O)CC2CCCC2)c1. The number of hydrogen-bond donors (Lipinski definition) is 1. The van der Waals surface area contributed by atoms with Crippen molar-refractivity contribution in [2.45, 2.75) is 38.2 Å². The Morgan fingerprint density at radius 2 is 2.14 bits per heavy atom. The maximum absolute atomic E-state index is 11.0. The summed E-state index contributed by atoms with van der Waals surface area (Å²) in [6.07, 6.45) is 4.84. The summed E-state index contributed by atoms with van der Waals surface area (Å²) in [7, 11) is 1.49. The third kappa shape index (κ3) is 4.32. The van der Waals surface area contributed by atoms with Crippen LogP contribution in [0.4, 0.5) is 5.69 Å². The number of nitro benzene ring substituents is 1. The molecule has 1 aromatic carbocycles. The second-order valence-electron chi connectivity index (χ2n) is 5.44. The number of benzene rings is 1. The average Bonchev–Trinajstić information content (AvgIpc) is 2.97. The van der Waals surface area contributed by atoms with Crippen LogP contribution in [0.1, 0.15) is 32.1 Å². The maximum atomic E-state index is 11.0. The molecule has 1 aliphatic carbocycles. The van der Waals surface area contributed by atoms with E-state index in [1.807, 2.05) is 0 Å². The molecule has 116 valence electrons. The minimum absolute atomic E-state index is 0.0600. The van der Waals surface area contributed by atoms with Crippen molar-refractivity contribution < 1.29 is 19.5 Å². The minimum atomic E-state index is -0.598. The molecule has 1 saturated carbocycles. The lowest BCUT2D eigenvalue weighted by atomic mass is 10.0. The van der Waals surface area contributed by atoms with Gasteiger partial charge in [0.25, 0.3) is 0 Å². The van der Waals surface area contributed by atoms with E-state index in [2.05, 4.69) is 0 Å². The summed E-state index contributed by atoms with van der Waals surface area (Å²) < 4.78 is 10.5. The predicted octanol–water partition coefficient (Wildman–Crippen LogP) is 2.92. The molecule has 2 rings (SSSR count). The molecule has 1 aromatic rings. The molecule has 21 heavy (non-hydrogen) atoms. The van der Waals surface area contributed by atoms with Crippen LogP contribution in [0.2, 0.25) is 0 Å². The minimum Gasteiger partial charge on any atom is -0.497 e. The lowest BCUT2D eigenvalue weighted by Crippen LogP contribution is -2.20. The van der Waals surface area contributed by atoms with Crippen LogP contribution in [0.5, 0.6) is 11.5 Å². The predicted molar refractivity (Wildman–Crippen MR) is 77.7 cm³/mol. The number of nitro groups is 1. The molecule has 1 unspecified atom stereocenters. The van der Waals surface area contributed by atoms with Crippen LogP contribution in [0.15, 0.2) is 18.2 Å². The highest BCUT2D eigenvalue weighted by molar-refractivity contribution is 5.50. The summed E-state index contributed by atoms with van der Waals surface area (Å²) in [5.41, 5.74) is -0.121. The number of ether oxygens (including phenoxy) is 2. The molecule has 0 aliphatic heterocycles. The van der Waals surface area contributed by atoms with E-state index in [1.165, 1.54) is 38.2 Å². The van der Waals surface area contributed by atoms with Gasteiger partial charge in [0, 0.05) is 12.1 Å². The second kappa shape index (κ2) is 7.26. The van der Waals surface area contributed by atoms with E-state index < -0.39 is 11.0 Å². The van der Waals surface area contributed by atoms with Crippen molar-refractivity contribution in [2.75, 3.05) is 13.7 Å².